The van der Waals surface area contributed by atoms with Gasteiger partial charge >= 0.3 is 0 Å². The predicted octanol–water partition coefficient (Wildman–Crippen LogP) is 3.45. The van der Waals surface area contributed by atoms with E-state index in [1.807, 2.05) is 0 Å². The molecule has 90 valence electrons. The van der Waals surface area contributed by atoms with Crippen LogP contribution in [0.1, 0.15) is 31.7 Å². The van der Waals surface area contributed by atoms with Crippen LogP contribution in [-0.2, 0) is 6.54 Å². The van der Waals surface area contributed by atoms with E-state index in [2.05, 4.69) is 47.7 Å². The predicted molar refractivity (Wildman–Crippen MR) is 71.9 cm³/mol. The summed E-state index contributed by atoms with van der Waals surface area (Å²) in [6.45, 7) is 3.27. The third-order valence-corrected chi connectivity index (χ3v) is 3.81. The number of aromatic amines is 1. The zero-order chi connectivity index (χ0) is 11.7. The van der Waals surface area contributed by atoms with Gasteiger partial charge in [-0.05, 0) is 30.4 Å². The summed E-state index contributed by atoms with van der Waals surface area (Å²) in [7, 11) is 0. The minimum absolute atomic E-state index is 0.767. The fourth-order valence-corrected chi connectivity index (χ4v) is 2.71. The molecule has 1 aliphatic rings. The highest BCUT2D eigenvalue weighted by Gasteiger charge is 2.35. The molecule has 0 radical (unpaired) electrons. The lowest BCUT2D eigenvalue weighted by atomic mass is 10.2. The van der Waals surface area contributed by atoms with Crippen LogP contribution in [0.5, 0.6) is 0 Å². The molecule has 17 heavy (non-hydrogen) atoms. The fraction of sp³-hybridized carbons (Fsp3) is 0.467. The third-order valence-electron chi connectivity index (χ3n) is 3.81. The zero-order valence-electron chi connectivity index (χ0n) is 10.4. The summed E-state index contributed by atoms with van der Waals surface area (Å²) in [6, 6.07) is 9.28. The van der Waals surface area contributed by atoms with Gasteiger partial charge in [-0.1, -0.05) is 31.5 Å². The Bertz CT molecular complexity index is 500. The molecule has 1 aliphatic carbocycles. The van der Waals surface area contributed by atoms with Crippen molar-refractivity contribution in [1.29, 1.82) is 0 Å². The van der Waals surface area contributed by atoms with E-state index < -0.39 is 0 Å². The van der Waals surface area contributed by atoms with E-state index in [1.54, 1.807) is 0 Å². The van der Waals surface area contributed by atoms with Crippen molar-refractivity contribution in [2.24, 2.45) is 5.92 Å². The molecule has 1 aromatic heterocycles. The summed E-state index contributed by atoms with van der Waals surface area (Å²) < 4.78 is 0. The van der Waals surface area contributed by atoms with Crippen LogP contribution in [0.4, 0.5) is 0 Å². The SMILES string of the molecule is CCCC1CC1NCc1c[nH]c2ccccc12. The van der Waals surface area contributed by atoms with E-state index in [1.165, 1.54) is 35.7 Å². The van der Waals surface area contributed by atoms with Crippen molar-refractivity contribution >= 4 is 10.9 Å². The van der Waals surface area contributed by atoms with Gasteiger partial charge in [-0.25, -0.2) is 0 Å². The van der Waals surface area contributed by atoms with Gasteiger partial charge in [-0.2, -0.15) is 0 Å². The first-order chi connectivity index (χ1) is 8.38. The average molecular weight is 228 g/mol. The molecule has 2 nitrogen and oxygen atoms in total. The summed E-state index contributed by atoms with van der Waals surface area (Å²) in [6.07, 6.45) is 6.20. The van der Waals surface area contributed by atoms with Crippen molar-refractivity contribution in [3.05, 3.63) is 36.0 Å². The maximum atomic E-state index is 3.67. The number of hydrogen-bond donors (Lipinski definition) is 2. The normalized spacial score (nSPS) is 23.1. The van der Waals surface area contributed by atoms with Crippen molar-refractivity contribution in [2.75, 3.05) is 0 Å². The van der Waals surface area contributed by atoms with E-state index in [4.69, 9.17) is 0 Å². The van der Waals surface area contributed by atoms with E-state index >= 15 is 0 Å². The highest BCUT2D eigenvalue weighted by Crippen LogP contribution is 2.34. The van der Waals surface area contributed by atoms with Gasteiger partial charge in [0.2, 0.25) is 0 Å². The molecule has 3 rings (SSSR count). The summed E-state index contributed by atoms with van der Waals surface area (Å²) >= 11 is 0. The van der Waals surface area contributed by atoms with E-state index in [-0.39, 0.29) is 0 Å². The molecule has 0 aliphatic heterocycles. The second-order valence-corrected chi connectivity index (χ2v) is 5.13. The summed E-state index contributed by atoms with van der Waals surface area (Å²) in [5.41, 5.74) is 2.63. The smallest absolute Gasteiger partial charge is 0.0457 e. The minimum Gasteiger partial charge on any atom is -0.361 e. The van der Waals surface area contributed by atoms with Gasteiger partial charge in [0.15, 0.2) is 0 Å². The number of H-pyrrole nitrogens is 1. The average Bonchev–Trinajstić information content (AvgIpc) is 2.97. The van der Waals surface area contributed by atoms with Gasteiger partial charge in [0.1, 0.15) is 0 Å². The largest absolute Gasteiger partial charge is 0.361 e. The van der Waals surface area contributed by atoms with Crippen molar-refractivity contribution in [1.82, 2.24) is 10.3 Å². The molecule has 1 fully saturated rings. The van der Waals surface area contributed by atoms with Crippen LogP contribution in [0.15, 0.2) is 30.5 Å². The summed E-state index contributed by atoms with van der Waals surface area (Å²) in [5.74, 6) is 0.935. The highest BCUT2D eigenvalue weighted by atomic mass is 15.0. The van der Waals surface area contributed by atoms with Gasteiger partial charge in [0.05, 0.1) is 0 Å². The molecule has 2 heteroatoms. The zero-order valence-corrected chi connectivity index (χ0v) is 10.4. The van der Waals surface area contributed by atoms with Gasteiger partial charge in [-0.3, -0.25) is 0 Å². The number of benzene rings is 1. The van der Waals surface area contributed by atoms with E-state index in [0.717, 1.165) is 18.5 Å². The molecule has 0 spiro atoms. The topological polar surface area (TPSA) is 27.8 Å². The number of rotatable bonds is 5. The molecular weight excluding hydrogens is 208 g/mol. The van der Waals surface area contributed by atoms with Crippen LogP contribution in [0.25, 0.3) is 10.9 Å². The van der Waals surface area contributed by atoms with Crippen molar-refractivity contribution in [3.8, 4) is 0 Å². The number of nitrogens with one attached hydrogen (secondary N) is 2. The molecule has 1 saturated carbocycles. The van der Waals surface area contributed by atoms with Crippen LogP contribution in [0, 0.1) is 5.92 Å². The van der Waals surface area contributed by atoms with Gasteiger partial charge in [-0.15, -0.1) is 0 Å². The Hall–Kier alpha value is -1.28. The molecule has 2 aromatic rings. The minimum atomic E-state index is 0.767. The van der Waals surface area contributed by atoms with Crippen LogP contribution in [0.2, 0.25) is 0 Å². The Morgan fingerprint density at radius 2 is 2.24 bits per heavy atom. The van der Waals surface area contributed by atoms with Crippen molar-refractivity contribution < 1.29 is 0 Å². The molecule has 0 amide bonds. The van der Waals surface area contributed by atoms with E-state index in [9.17, 15) is 0 Å². The Morgan fingerprint density at radius 3 is 3.12 bits per heavy atom. The first-order valence-electron chi connectivity index (χ1n) is 6.67. The number of para-hydroxylation sites is 1. The van der Waals surface area contributed by atoms with Crippen molar-refractivity contribution in [3.63, 3.8) is 0 Å². The molecular formula is C15H20N2. The standard InChI is InChI=1S/C15H20N2/c1-2-5-11-8-15(11)17-10-12-9-16-14-7-4-3-6-13(12)14/h3-4,6-7,9,11,15-17H,2,5,8,10H2,1H3. The summed E-state index contributed by atoms with van der Waals surface area (Å²) in [5, 5.41) is 5.02. The Labute approximate surface area is 102 Å². The Morgan fingerprint density at radius 1 is 1.35 bits per heavy atom. The second-order valence-electron chi connectivity index (χ2n) is 5.13. The van der Waals surface area contributed by atoms with Crippen LogP contribution in [-0.4, -0.2) is 11.0 Å². The number of hydrogen-bond acceptors (Lipinski definition) is 1. The van der Waals surface area contributed by atoms with Gasteiger partial charge in [0, 0.05) is 29.7 Å². The maximum absolute atomic E-state index is 3.67. The number of fused-ring (bicyclic) bond motifs is 1. The van der Waals surface area contributed by atoms with Crippen LogP contribution in [0.3, 0.4) is 0 Å². The third kappa shape index (κ3) is 2.22. The molecule has 2 unspecified atom stereocenters. The van der Waals surface area contributed by atoms with E-state index in [0.29, 0.717) is 0 Å². The highest BCUT2D eigenvalue weighted by molar-refractivity contribution is 5.82. The summed E-state index contributed by atoms with van der Waals surface area (Å²) in [4.78, 5) is 3.33. The first kappa shape index (κ1) is 10.8. The molecule has 1 heterocycles. The fourth-order valence-electron chi connectivity index (χ4n) is 2.71. The lowest BCUT2D eigenvalue weighted by Gasteiger charge is -2.02. The van der Waals surface area contributed by atoms with Crippen molar-refractivity contribution in [2.45, 2.75) is 38.8 Å². The lowest BCUT2D eigenvalue weighted by molar-refractivity contribution is 0.600. The molecule has 2 N–H and O–H groups in total. The second kappa shape index (κ2) is 4.53. The van der Waals surface area contributed by atoms with Crippen LogP contribution >= 0.6 is 0 Å². The van der Waals surface area contributed by atoms with Gasteiger partial charge in [0.25, 0.3) is 0 Å². The number of aromatic nitrogens is 1. The Balaban J connectivity index is 1.62. The quantitative estimate of drug-likeness (QED) is 0.806. The Kier molecular flexibility index (Phi) is 2.89. The van der Waals surface area contributed by atoms with Gasteiger partial charge < -0.3 is 10.3 Å². The molecule has 0 bridgehead atoms. The molecule has 0 saturated heterocycles. The monoisotopic (exact) mass is 228 g/mol. The maximum Gasteiger partial charge on any atom is 0.0457 e. The molecule has 1 aromatic carbocycles. The van der Waals surface area contributed by atoms with Crippen LogP contribution < -0.4 is 5.32 Å². The first-order valence-corrected chi connectivity index (χ1v) is 6.67. The lowest BCUT2D eigenvalue weighted by Crippen LogP contribution is -2.17. The molecule has 2 atom stereocenters.